The SMILES string of the molecule is Cc1ccccc1C(=O)c1ccc(Nc2ccc(Br)cc2NC(=O)C(F)(F)F)cc1Cl. The number of hydrogen-bond acceptors (Lipinski definition) is 3. The largest absolute Gasteiger partial charge is 0.471 e. The standard InChI is InChI=1S/C22H15BrClF3N2O2/c1-12-4-2-3-5-15(12)20(30)16-8-7-14(11-17(16)24)28-18-9-6-13(23)10-19(18)29-21(31)22(25,26)27/h2-11,28H,1H3,(H,29,31). The molecule has 3 rings (SSSR count). The van der Waals surface area contributed by atoms with Crippen molar-refractivity contribution in [3.63, 3.8) is 0 Å². The number of hydrogen-bond donors (Lipinski definition) is 2. The summed E-state index contributed by atoms with van der Waals surface area (Å²) in [7, 11) is 0. The second kappa shape index (κ2) is 9.11. The number of ketones is 1. The number of amides is 1. The van der Waals surface area contributed by atoms with Crippen LogP contribution in [0, 0.1) is 6.92 Å². The van der Waals surface area contributed by atoms with Gasteiger partial charge in [0.05, 0.1) is 16.4 Å². The molecule has 0 radical (unpaired) electrons. The van der Waals surface area contributed by atoms with Gasteiger partial charge in [-0.1, -0.05) is 51.8 Å². The molecule has 160 valence electrons. The summed E-state index contributed by atoms with van der Waals surface area (Å²) in [4.78, 5) is 24.1. The van der Waals surface area contributed by atoms with Crippen LogP contribution in [0.1, 0.15) is 21.5 Å². The molecular weight excluding hydrogens is 497 g/mol. The van der Waals surface area contributed by atoms with Crippen LogP contribution in [0.2, 0.25) is 5.02 Å². The summed E-state index contributed by atoms with van der Waals surface area (Å²) < 4.78 is 38.4. The van der Waals surface area contributed by atoms with Gasteiger partial charge in [0, 0.05) is 21.3 Å². The number of carbonyl (C=O) groups excluding carboxylic acids is 2. The maximum Gasteiger partial charge on any atom is 0.471 e. The average molecular weight is 512 g/mol. The molecule has 0 bridgehead atoms. The zero-order chi connectivity index (χ0) is 22.8. The van der Waals surface area contributed by atoms with Crippen molar-refractivity contribution in [1.29, 1.82) is 0 Å². The molecule has 0 spiro atoms. The molecule has 0 unspecified atom stereocenters. The van der Waals surface area contributed by atoms with Gasteiger partial charge in [0.2, 0.25) is 0 Å². The molecule has 2 N–H and O–H groups in total. The highest BCUT2D eigenvalue weighted by Crippen LogP contribution is 2.32. The molecule has 31 heavy (non-hydrogen) atoms. The third kappa shape index (κ3) is 5.45. The van der Waals surface area contributed by atoms with E-state index >= 15 is 0 Å². The maximum atomic E-state index is 12.8. The van der Waals surface area contributed by atoms with Crippen molar-refractivity contribution >= 4 is 56.3 Å². The van der Waals surface area contributed by atoms with E-state index in [-0.39, 0.29) is 22.2 Å². The normalized spacial score (nSPS) is 11.2. The number of alkyl halides is 3. The van der Waals surface area contributed by atoms with E-state index < -0.39 is 12.1 Å². The quantitative estimate of drug-likeness (QED) is 0.367. The van der Waals surface area contributed by atoms with Crippen molar-refractivity contribution in [2.75, 3.05) is 10.6 Å². The molecule has 0 aliphatic rings. The first-order chi connectivity index (χ1) is 14.6. The summed E-state index contributed by atoms with van der Waals surface area (Å²) in [6, 6.07) is 16.1. The van der Waals surface area contributed by atoms with Crippen LogP contribution >= 0.6 is 27.5 Å². The predicted octanol–water partition coefficient (Wildman–Crippen LogP) is 6.89. The highest BCUT2D eigenvalue weighted by atomic mass is 79.9. The summed E-state index contributed by atoms with van der Waals surface area (Å²) in [5.74, 6) is -2.33. The smallest absolute Gasteiger partial charge is 0.354 e. The fourth-order valence-electron chi connectivity index (χ4n) is 2.83. The van der Waals surface area contributed by atoms with Crippen LogP contribution < -0.4 is 10.6 Å². The molecule has 0 aromatic heterocycles. The van der Waals surface area contributed by atoms with Gasteiger partial charge < -0.3 is 10.6 Å². The van der Waals surface area contributed by atoms with Crippen molar-refractivity contribution in [1.82, 2.24) is 0 Å². The van der Waals surface area contributed by atoms with Crippen LogP contribution in [0.5, 0.6) is 0 Å². The van der Waals surface area contributed by atoms with Crippen LogP contribution in [-0.2, 0) is 4.79 Å². The topological polar surface area (TPSA) is 58.2 Å². The Morgan fingerprint density at radius 1 is 0.935 bits per heavy atom. The van der Waals surface area contributed by atoms with Crippen LogP contribution in [0.4, 0.5) is 30.2 Å². The summed E-state index contributed by atoms with van der Waals surface area (Å²) >= 11 is 9.48. The Bertz CT molecular complexity index is 1170. The fraction of sp³-hybridized carbons (Fsp3) is 0.0909. The average Bonchev–Trinajstić information content (AvgIpc) is 2.69. The Balaban J connectivity index is 1.88. The minimum absolute atomic E-state index is 0.0760. The van der Waals surface area contributed by atoms with E-state index in [4.69, 9.17) is 11.6 Å². The van der Waals surface area contributed by atoms with Crippen LogP contribution in [0.3, 0.4) is 0 Å². The van der Waals surface area contributed by atoms with Gasteiger partial charge in [-0.2, -0.15) is 13.2 Å². The molecule has 0 saturated heterocycles. The Hall–Kier alpha value is -2.84. The van der Waals surface area contributed by atoms with Gasteiger partial charge in [-0.05, 0) is 48.9 Å². The first-order valence-electron chi connectivity index (χ1n) is 8.91. The monoisotopic (exact) mass is 510 g/mol. The van der Waals surface area contributed by atoms with Crippen LogP contribution in [-0.4, -0.2) is 17.9 Å². The van der Waals surface area contributed by atoms with Crippen molar-refractivity contribution in [3.05, 3.63) is 86.8 Å². The fourth-order valence-corrected chi connectivity index (χ4v) is 3.45. The number of benzene rings is 3. The Morgan fingerprint density at radius 3 is 2.29 bits per heavy atom. The van der Waals surface area contributed by atoms with Gasteiger partial charge in [-0.3, -0.25) is 9.59 Å². The van der Waals surface area contributed by atoms with Crippen molar-refractivity contribution in [2.45, 2.75) is 13.1 Å². The Labute approximate surface area is 189 Å². The van der Waals surface area contributed by atoms with Crippen molar-refractivity contribution < 1.29 is 22.8 Å². The lowest BCUT2D eigenvalue weighted by atomic mass is 9.99. The van der Waals surface area contributed by atoms with Crippen LogP contribution in [0.25, 0.3) is 0 Å². The van der Waals surface area contributed by atoms with Gasteiger partial charge in [0.15, 0.2) is 5.78 Å². The van der Waals surface area contributed by atoms with Gasteiger partial charge in [0.1, 0.15) is 0 Å². The lowest BCUT2D eigenvalue weighted by Crippen LogP contribution is -2.30. The molecule has 1 amide bonds. The summed E-state index contributed by atoms with van der Waals surface area (Å²) in [5, 5.41) is 4.93. The van der Waals surface area contributed by atoms with E-state index in [0.29, 0.717) is 21.3 Å². The number of carbonyl (C=O) groups is 2. The van der Waals surface area contributed by atoms with E-state index in [0.717, 1.165) is 5.56 Å². The molecule has 0 atom stereocenters. The molecule has 0 fully saturated rings. The molecule has 0 aliphatic heterocycles. The lowest BCUT2D eigenvalue weighted by Gasteiger charge is -2.15. The highest BCUT2D eigenvalue weighted by molar-refractivity contribution is 9.10. The molecule has 3 aromatic rings. The van der Waals surface area contributed by atoms with Crippen molar-refractivity contribution in [2.24, 2.45) is 0 Å². The first-order valence-corrected chi connectivity index (χ1v) is 10.1. The third-order valence-corrected chi connectivity index (χ3v) is 5.18. The van der Waals surface area contributed by atoms with Gasteiger partial charge in [0.25, 0.3) is 0 Å². The van der Waals surface area contributed by atoms with E-state index in [9.17, 15) is 22.8 Å². The van der Waals surface area contributed by atoms with Gasteiger partial charge >= 0.3 is 12.1 Å². The second-order valence-electron chi connectivity index (χ2n) is 6.61. The number of rotatable bonds is 5. The molecule has 9 heteroatoms. The predicted molar refractivity (Wildman–Crippen MR) is 118 cm³/mol. The van der Waals surface area contributed by atoms with Gasteiger partial charge in [-0.15, -0.1) is 0 Å². The molecule has 0 saturated carbocycles. The minimum atomic E-state index is -5.03. The van der Waals surface area contributed by atoms with E-state index in [1.54, 1.807) is 24.3 Å². The molecule has 4 nitrogen and oxygen atoms in total. The zero-order valence-electron chi connectivity index (χ0n) is 16.0. The molecule has 0 aliphatic carbocycles. The Kier molecular flexibility index (Phi) is 6.71. The minimum Gasteiger partial charge on any atom is -0.354 e. The summed E-state index contributed by atoms with van der Waals surface area (Å²) in [6.45, 7) is 1.82. The second-order valence-corrected chi connectivity index (χ2v) is 7.93. The molecule has 3 aromatic carbocycles. The maximum absolute atomic E-state index is 12.8. The third-order valence-electron chi connectivity index (χ3n) is 4.37. The van der Waals surface area contributed by atoms with E-state index in [2.05, 4.69) is 21.2 Å². The lowest BCUT2D eigenvalue weighted by molar-refractivity contribution is -0.167. The number of aryl methyl sites for hydroxylation is 1. The number of nitrogens with one attached hydrogen (secondary N) is 2. The molecular formula is C22H15BrClF3N2O2. The first kappa shape index (κ1) is 22.8. The van der Waals surface area contributed by atoms with E-state index in [1.807, 2.05) is 24.4 Å². The highest BCUT2D eigenvalue weighted by Gasteiger charge is 2.39. The summed E-state index contributed by atoms with van der Waals surface area (Å²) in [5.41, 5.74) is 2.20. The zero-order valence-corrected chi connectivity index (χ0v) is 18.3. The van der Waals surface area contributed by atoms with Crippen molar-refractivity contribution in [3.8, 4) is 0 Å². The summed E-state index contributed by atoms with van der Waals surface area (Å²) in [6.07, 6.45) is -5.03. The Morgan fingerprint density at radius 2 is 1.65 bits per heavy atom. The number of halogens is 5. The van der Waals surface area contributed by atoms with Crippen LogP contribution in [0.15, 0.2) is 65.1 Å². The molecule has 0 heterocycles. The van der Waals surface area contributed by atoms with E-state index in [1.165, 1.54) is 24.3 Å². The van der Waals surface area contributed by atoms with Gasteiger partial charge in [-0.25, -0.2) is 0 Å². The number of anilines is 3.